The van der Waals surface area contributed by atoms with Crippen LogP contribution in [0.15, 0.2) is 42.0 Å². The van der Waals surface area contributed by atoms with Gasteiger partial charge < -0.3 is 20.3 Å². The highest BCUT2D eigenvalue weighted by atomic mass is 32.1. The minimum atomic E-state index is -0.709. The number of thiazole rings is 1. The number of aliphatic hydroxyl groups is 1. The van der Waals surface area contributed by atoms with Crippen molar-refractivity contribution in [3.63, 3.8) is 0 Å². The average molecular weight is 481 g/mol. The van der Waals surface area contributed by atoms with Crippen LogP contribution < -0.4 is 5.32 Å². The minimum Gasteiger partial charge on any atom is -0.391 e. The van der Waals surface area contributed by atoms with Gasteiger partial charge in [0.1, 0.15) is 6.04 Å². The molecule has 0 spiro atoms. The summed E-state index contributed by atoms with van der Waals surface area (Å²) in [6, 6.07) is 9.33. The first kappa shape index (κ1) is 24.2. The second-order valence-corrected chi connectivity index (χ2v) is 10.3. The van der Waals surface area contributed by atoms with Gasteiger partial charge in [-0.25, -0.2) is 4.98 Å². The Morgan fingerprint density at radius 2 is 2.00 bits per heavy atom. The maximum atomic E-state index is 13.5. The zero-order valence-corrected chi connectivity index (χ0v) is 20.9. The summed E-state index contributed by atoms with van der Waals surface area (Å²) in [6.45, 7) is 8.49. The smallest absolute Gasteiger partial charge is 0.243 e. The molecule has 7 nitrogen and oxygen atoms in total. The Bertz CT molecular complexity index is 1150. The number of β-amino-alcohol motifs (C(OH)–C–C–N with tert-alkyl or cyclic N) is 1. The molecule has 1 aliphatic heterocycles. The van der Waals surface area contributed by atoms with Crippen LogP contribution in [0.5, 0.6) is 0 Å². The second kappa shape index (κ2) is 10.1. The third-order valence-corrected chi connectivity index (χ3v) is 7.39. The molecule has 34 heavy (non-hydrogen) atoms. The van der Waals surface area contributed by atoms with Gasteiger partial charge in [-0.2, -0.15) is 0 Å². The largest absolute Gasteiger partial charge is 0.391 e. The summed E-state index contributed by atoms with van der Waals surface area (Å²) in [7, 11) is 0. The molecule has 0 aliphatic carbocycles. The molecule has 1 saturated heterocycles. The predicted octanol–water partition coefficient (Wildman–Crippen LogP) is 3.77. The maximum Gasteiger partial charge on any atom is 0.243 e. The molecule has 8 heteroatoms. The zero-order valence-electron chi connectivity index (χ0n) is 20.0. The van der Waals surface area contributed by atoms with Gasteiger partial charge in [-0.3, -0.25) is 9.59 Å². The molecule has 3 aromatic rings. The summed E-state index contributed by atoms with van der Waals surface area (Å²) in [5.41, 5.74) is 6.81. The monoisotopic (exact) mass is 480 g/mol. The van der Waals surface area contributed by atoms with Crippen LogP contribution in [0, 0.1) is 19.8 Å². The number of aromatic amines is 1. The molecule has 1 aromatic carbocycles. The summed E-state index contributed by atoms with van der Waals surface area (Å²) in [5, 5.41) is 13.3. The van der Waals surface area contributed by atoms with Gasteiger partial charge in [0.25, 0.3) is 0 Å². The Balaban J connectivity index is 1.43. The molecule has 1 aliphatic rings. The summed E-state index contributed by atoms with van der Waals surface area (Å²) in [4.78, 5) is 36.8. The van der Waals surface area contributed by atoms with Gasteiger partial charge in [0.05, 0.1) is 28.1 Å². The van der Waals surface area contributed by atoms with E-state index in [1.807, 2.05) is 69.7 Å². The lowest BCUT2D eigenvalue weighted by Crippen LogP contribution is -2.48. The molecule has 2 aromatic heterocycles. The highest BCUT2D eigenvalue weighted by Gasteiger charge is 2.42. The third-order valence-electron chi connectivity index (χ3n) is 6.41. The summed E-state index contributed by atoms with van der Waals surface area (Å²) in [6.07, 6.45) is 1.41. The van der Waals surface area contributed by atoms with E-state index in [4.69, 9.17) is 0 Å². The number of rotatable bonds is 7. The number of amides is 2. The molecule has 3 N–H and O–H groups in total. The van der Waals surface area contributed by atoms with E-state index in [9.17, 15) is 14.7 Å². The fourth-order valence-corrected chi connectivity index (χ4v) is 5.44. The number of nitrogens with one attached hydrogen (secondary N) is 2. The Morgan fingerprint density at radius 1 is 1.26 bits per heavy atom. The van der Waals surface area contributed by atoms with Crippen LogP contribution in [0.1, 0.15) is 48.7 Å². The number of carbonyl (C=O) groups is 2. The van der Waals surface area contributed by atoms with Crippen LogP contribution >= 0.6 is 11.3 Å². The number of aryl methyl sites for hydroxylation is 2. The van der Waals surface area contributed by atoms with E-state index in [2.05, 4.69) is 15.3 Å². The molecule has 0 saturated carbocycles. The predicted molar refractivity (Wildman–Crippen MR) is 133 cm³/mol. The van der Waals surface area contributed by atoms with Crippen LogP contribution in [0.2, 0.25) is 0 Å². The fraction of sp³-hybridized carbons (Fsp3) is 0.423. The molecule has 1 fully saturated rings. The van der Waals surface area contributed by atoms with Gasteiger partial charge >= 0.3 is 0 Å². The summed E-state index contributed by atoms with van der Waals surface area (Å²) < 4.78 is 0. The maximum absolute atomic E-state index is 13.5. The first-order valence-corrected chi connectivity index (χ1v) is 12.5. The van der Waals surface area contributed by atoms with Gasteiger partial charge in [0.15, 0.2) is 0 Å². The van der Waals surface area contributed by atoms with E-state index in [-0.39, 0.29) is 30.7 Å². The summed E-state index contributed by atoms with van der Waals surface area (Å²) >= 11 is 1.61. The van der Waals surface area contributed by atoms with Crippen LogP contribution in [0.4, 0.5) is 0 Å². The molecular formula is C26H32N4O3S. The van der Waals surface area contributed by atoms with Crippen molar-refractivity contribution in [1.29, 1.82) is 0 Å². The van der Waals surface area contributed by atoms with Crippen molar-refractivity contribution < 1.29 is 14.7 Å². The molecule has 0 radical (unpaired) electrons. The van der Waals surface area contributed by atoms with Gasteiger partial charge in [0, 0.05) is 31.4 Å². The quantitative estimate of drug-likeness (QED) is 0.479. The highest BCUT2D eigenvalue weighted by Crippen LogP contribution is 2.31. The van der Waals surface area contributed by atoms with Crippen molar-refractivity contribution in [2.75, 3.05) is 6.54 Å². The van der Waals surface area contributed by atoms with Gasteiger partial charge in [0.2, 0.25) is 11.8 Å². The van der Waals surface area contributed by atoms with Crippen LogP contribution in [0.25, 0.3) is 10.4 Å². The Hall–Kier alpha value is -2.97. The topological polar surface area (TPSA) is 98.3 Å². The number of carbonyl (C=O) groups excluding carboxylic acids is 2. The molecule has 2 amide bonds. The number of nitrogens with zero attached hydrogens (tertiary/aromatic N) is 2. The minimum absolute atomic E-state index is 0.0488. The average Bonchev–Trinajstić information content (AvgIpc) is 3.52. The van der Waals surface area contributed by atoms with Gasteiger partial charge in [-0.05, 0) is 42.5 Å². The number of likely N-dealkylation sites (tertiary alicyclic amines) is 1. The van der Waals surface area contributed by atoms with E-state index >= 15 is 0 Å². The van der Waals surface area contributed by atoms with E-state index in [1.54, 1.807) is 16.2 Å². The highest BCUT2D eigenvalue weighted by molar-refractivity contribution is 7.13. The first-order chi connectivity index (χ1) is 16.2. The van der Waals surface area contributed by atoms with E-state index in [0.717, 1.165) is 33.0 Å². The van der Waals surface area contributed by atoms with Gasteiger partial charge in [-0.1, -0.05) is 38.1 Å². The van der Waals surface area contributed by atoms with Crippen molar-refractivity contribution >= 4 is 23.2 Å². The van der Waals surface area contributed by atoms with Crippen molar-refractivity contribution in [3.05, 3.63) is 64.6 Å². The molecular weight excluding hydrogens is 448 g/mol. The van der Waals surface area contributed by atoms with Crippen molar-refractivity contribution in [3.8, 4) is 10.4 Å². The number of aliphatic hydroxyl groups excluding tert-OH is 1. The van der Waals surface area contributed by atoms with Crippen LogP contribution in [0.3, 0.4) is 0 Å². The molecule has 3 atom stereocenters. The standard InChI is InChI=1S/C26H32N4O3S/c1-15(2)23(21-9-16(3)11-27-21)26(33)30-13-20(31)10-22(30)25(32)28-12-18-5-7-19(8-6-18)24-17(4)29-14-34-24/h5-9,11,14-15,20,22-23,27,31H,10,12-13H2,1-4H3,(H,28,32)/t20-,22+,23-/m1/s1. The summed E-state index contributed by atoms with van der Waals surface area (Å²) in [5.74, 6) is -0.708. The molecule has 0 unspecified atom stereocenters. The Morgan fingerprint density at radius 3 is 2.59 bits per heavy atom. The SMILES string of the molecule is Cc1c[nH]c([C@H](C(=O)N2C[C@H](O)C[C@H]2C(=O)NCc2ccc(-c3scnc3C)cc2)C(C)C)c1. The number of aromatic nitrogens is 2. The van der Waals surface area contributed by atoms with Crippen LogP contribution in [-0.2, 0) is 16.1 Å². The lowest BCUT2D eigenvalue weighted by atomic mass is 9.90. The number of benzene rings is 1. The number of H-pyrrole nitrogens is 1. The second-order valence-electron chi connectivity index (χ2n) is 9.43. The van der Waals surface area contributed by atoms with Crippen molar-refractivity contribution in [2.24, 2.45) is 5.92 Å². The third kappa shape index (κ3) is 5.08. The first-order valence-electron chi connectivity index (χ1n) is 11.6. The Labute approximate surface area is 204 Å². The van der Waals surface area contributed by atoms with E-state index < -0.39 is 18.1 Å². The molecule has 0 bridgehead atoms. The number of hydrogen-bond acceptors (Lipinski definition) is 5. The van der Waals surface area contributed by atoms with E-state index in [1.165, 1.54) is 0 Å². The van der Waals surface area contributed by atoms with Crippen molar-refractivity contribution in [2.45, 2.75) is 58.7 Å². The molecule has 3 heterocycles. The van der Waals surface area contributed by atoms with Crippen molar-refractivity contribution in [1.82, 2.24) is 20.2 Å². The molecule has 180 valence electrons. The van der Waals surface area contributed by atoms with Crippen LogP contribution in [-0.4, -0.2) is 50.5 Å². The normalized spacial score (nSPS) is 18.9. The number of hydrogen-bond donors (Lipinski definition) is 3. The zero-order chi connectivity index (χ0) is 24.4. The van der Waals surface area contributed by atoms with E-state index in [0.29, 0.717) is 6.54 Å². The Kier molecular flexibility index (Phi) is 7.19. The van der Waals surface area contributed by atoms with Gasteiger partial charge in [-0.15, -0.1) is 11.3 Å². The lowest BCUT2D eigenvalue weighted by molar-refractivity contribution is -0.140. The lowest BCUT2D eigenvalue weighted by Gasteiger charge is -2.29. The fourth-order valence-electron chi connectivity index (χ4n) is 4.63. The molecule has 4 rings (SSSR count).